The van der Waals surface area contributed by atoms with Crippen LogP contribution in [0.5, 0.6) is 0 Å². The topological polar surface area (TPSA) is 79.6 Å². The van der Waals surface area contributed by atoms with Gasteiger partial charge in [0.15, 0.2) is 5.78 Å². The van der Waals surface area contributed by atoms with E-state index in [1.807, 2.05) is 31.2 Å². The number of hydrogen-bond acceptors (Lipinski definition) is 6. The summed E-state index contributed by atoms with van der Waals surface area (Å²) >= 11 is 0. The van der Waals surface area contributed by atoms with Gasteiger partial charge in [-0.1, -0.05) is 37.4 Å². The third-order valence-electron chi connectivity index (χ3n) is 5.12. The largest absolute Gasteiger partial charge is 0.397 e. The summed E-state index contributed by atoms with van der Waals surface area (Å²) in [5, 5.41) is 7.00. The van der Waals surface area contributed by atoms with E-state index in [2.05, 4.69) is 35.6 Å². The summed E-state index contributed by atoms with van der Waals surface area (Å²) in [4.78, 5) is 13.7. The maximum absolute atomic E-state index is 11.6. The molecule has 0 amide bonds. The standard InChI is InChI=1S/C21H28N4O2/c1-13(2)25-20(14(3)22)19(17-8-6-16(7-9-17)15(4)26)24-21(25,5)18-12-23-10-11-27-18/h6-9,18,23-24H,1,3,10-12,22H2,2,4-5H3/t18-,21?/m1/s1. The maximum Gasteiger partial charge on any atom is 0.159 e. The van der Waals surface area contributed by atoms with Crippen molar-refractivity contribution in [1.82, 2.24) is 15.5 Å². The molecule has 0 aliphatic carbocycles. The molecular weight excluding hydrogens is 340 g/mol. The zero-order valence-corrected chi connectivity index (χ0v) is 16.3. The molecule has 1 fully saturated rings. The highest BCUT2D eigenvalue weighted by Crippen LogP contribution is 2.40. The van der Waals surface area contributed by atoms with Crippen molar-refractivity contribution in [3.63, 3.8) is 0 Å². The predicted molar refractivity (Wildman–Crippen MR) is 107 cm³/mol. The number of ether oxygens (including phenoxy) is 1. The molecule has 4 N–H and O–H groups in total. The van der Waals surface area contributed by atoms with E-state index < -0.39 is 5.66 Å². The number of Topliss-reactive ketones (excluding diaryl/α,β-unsaturated/α-hetero) is 1. The SMILES string of the molecule is C=C(N)C1=C(c2ccc(C(C)=O)cc2)NC(C)([C@H]2CNCCO2)N1C(=C)C. The van der Waals surface area contributed by atoms with Crippen LogP contribution >= 0.6 is 0 Å². The predicted octanol–water partition coefficient (Wildman–Crippen LogP) is 2.17. The second-order valence-corrected chi connectivity index (χ2v) is 7.29. The van der Waals surface area contributed by atoms with Crippen LogP contribution in [0.1, 0.15) is 36.7 Å². The molecule has 2 aliphatic rings. The Balaban J connectivity index is 2.08. The first-order chi connectivity index (χ1) is 12.8. The summed E-state index contributed by atoms with van der Waals surface area (Å²) in [5.74, 6) is 0.0356. The van der Waals surface area contributed by atoms with Crippen LogP contribution in [0.2, 0.25) is 0 Å². The van der Waals surface area contributed by atoms with Crippen LogP contribution in [0.4, 0.5) is 0 Å². The molecule has 0 spiro atoms. The summed E-state index contributed by atoms with van der Waals surface area (Å²) in [6, 6.07) is 7.49. The number of ketones is 1. The maximum atomic E-state index is 11.6. The van der Waals surface area contributed by atoms with Crippen LogP contribution in [0.3, 0.4) is 0 Å². The monoisotopic (exact) mass is 368 g/mol. The van der Waals surface area contributed by atoms with Gasteiger partial charge >= 0.3 is 0 Å². The number of hydrogen-bond donors (Lipinski definition) is 3. The van der Waals surface area contributed by atoms with Crippen LogP contribution in [0, 0.1) is 0 Å². The zero-order chi connectivity index (χ0) is 19.8. The van der Waals surface area contributed by atoms with E-state index in [0.717, 1.165) is 29.2 Å². The molecule has 144 valence electrons. The minimum absolute atomic E-state index is 0.0356. The number of morpholine rings is 1. The second kappa shape index (κ2) is 7.21. The van der Waals surface area contributed by atoms with Crippen molar-refractivity contribution in [2.24, 2.45) is 5.73 Å². The van der Waals surface area contributed by atoms with Crippen LogP contribution in [0.25, 0.3) is 5.70 Å². The van der Waals surface area contributed by atoms with Gasteiger partial charge in [-0.2, -0.15) is 0 Å². The van der Waals surface area contributed by atoms with E-state index in [9.17, 15) is 4.79 Å². The van der Waals surface area contributed by atoms with Gasteiger partial charge in [0.1, 0.15) is 11.8 Å². The number of benzene rings is 1. The van der Waals surface area contributed by atoms with Gasteiger partial charge < -0.3 is 26.0 Å². The highest BCUT2D eigenvalue weighted by molar-refractivity contribution is 5.94. The summed E-state index contributed by atoms with van der Waals surface area (Å²) in [6.07, 6.45) is -0.105. The Morgan fingerprint density at radius 3 is 2.44 bits per heavy atom. The Morgan fingerprint density at radius 2 is 1.96 bits per heavy atom. The highest BCUT2D eigenvalue weighted by atomic mass is 16.5. The molecule has 1 unspecified atom stereocenters. The van der Waals surface area contributed by atoms with Gasteiger partial charge in [-0.15, -0.1) is 0 Å². The fourth-order valence-electron chi connectivity index (χ4n) is 3.84. The summed E-state index contributed by atoms with van der Waals surface area (Å²) < 4.78 is 6.06. The Hall–Kier alpha value is -2.57. The molecule has 2 aliphatic heterocycles. The van der Waals surface area contributed by atoms with E-state index in [1.165, 1.54) is 0 Å². The average Bonchev–Trinajstić information content (AvgIpc) is 2.97. The number of carbonyl (C=O) groups is 1. The molecule has 0 saturated carbocycles. The molecule has 2 atom stereocenters. The molecule has 1 aromatic rings. The van der Waals surface area contributed by atoms with E-state index in [0.29, 0.717) is 24.4 Å². The molecule has 0 radical (unpaired) electrons. The van der Waals surface area contributed by atoms with E-state index >= 15 is 0 Å². The molecule has 6 nitrogen and oxygen atoms in total. The number of allylic oxidation sites excluding steroid dienone is 1. The van der Waals surface area contributed by atoms with Gasteiger partial charge in [-0.05, 0) is 26.3 Å². The van der Waals surface area contributed by atoms with Gasteiger partial charge in [0.25, 0.3) is 0 Å². The molecule has 1 aromatic carbocycles. The number of nitrogens with two attached hydrogens (primary N) is 1. The number of rotatable bonds is 5. The summed E-state index contributed by atoms with van der Waals surface area (Å²) in [7, 11) is 0. The fourth-order valence-corrected chi connectivity index (χ4v) is 3.84. The molecule has 2 heterocycles. The van der Waals surface area contributed by atoms with Gasteiger partial charge in [-0.25, -0.2) is 0 Å². The molecule has 1 saturated heterocycles. The molecular formula is C21H28N4O2. The fraction of sp³-hybridized carbons (Fsp3) is 0.381. The first kappa shape index (κ1) is 19.2. The molecule has 0 aromatic heterocycles. The van der Waals surface area contributed by atoms with Gasteiger partial charge in [-0.3, -0.25) is 4.79 Å². The number of nitrogens with one attached hydrogen (secondary N) is 2. The van der Waals surface area contributed by atoms with Crippen LogP contribution < -0.4 is 16.4 Å². The second-order valence-electron chi connectivity index (χ2n) is 7.29. The van der Waals surface area contributed by atoms with Crippen molar-refractivity contribution in [1.29, 1.82) is 0 Å². The first-order valence-corrected chi connectivity index (χ1v) is 9.12. The zero-order valence-electron chi connectivity index (χ0n) is 16.3. The van der Waals surface area contributed by atoms with E-state index in [1.54, 1.807) is 6.92 Å². The van der Waals surface area contributed by atoms with Crippen molar-refractivity contribution >= 4 is 11.5 Å². The summed E-state index contributed by atoms with van der Waals surface area (Å²) in [5.41, 5.74) is 10.2. The van der Waals surface area contributed by atoms with E-state index in [-0.39, 0.29) is 11.9 Å². The molecule has 6 heteroatoms. The van der Waals surface area contributed by atoms with Crippen molar-refractivity contribution in [3.05, 3.63) is 65.6 Å². The molecule has 27 heavy (non-hydrogen) atoms. The molecule has 3 rings (SSSR count). The Kier molecular flexibility index (Phi) is 5.13. The lowest BCUT2D eigenvalue weighted by atomic mass is 10.0. The lowest BCUT2D eigenvalue weighted by Crippen LogP contribution is -2.63. The smallest absolute Gasteiger partial charge is 0.159 e. The van der Waals surface area contributed by atoms with Crippen molar-refractivity contribution in [2.75, 3.05) is 19.7 Å². The van der Waals surface area contributed by atoms with Crippen LogP contribution in [-0.4, -0.2) is 42.1 Å². The first-order valence-electron chi connectivity index (χ1n) is 9.12. The van der Waals surface area contributed by atoms with Crippen molar-refractivity contribution in [3.8, 4) is 0 Å². The lowest BCUT2D eigenvalue weighted by Gasteiger charge is -2.45. The van der Waals surface area contributed by atoms with Gasteiger partial charge in [0.05, 0.1) is 23.7 Å². The van der Waals surface area contributed by atoms with E-state index in [4.69, 9.17) is 10.5 Å². The molecule has 0 bridgehead atoms. The highest BCUT2D eigenvalue weighted by Gasteiger charge is 2.49. The third-order valence-corrected chi connectivity index (χ3v) is 5.12. The summed E-state index contributed by atoms with van der Waals surface area (Å²) in [6.45, 7) is 15.9. The quantitative estimate of drug-likeness (QED) is 0.692. The average molecular weight is 368 g/mol. The van der Waals surface area contributed by atoms with Crippen molar-refractivity contribution in [2.45, 2.75) is 32.5 Å². The number of nitrogens with zero attached hydrogens (tertiary/aromatic N) is 1. The number of carbonyl (C=O) groups excluding carboxylic acids is 1. The van der Waals surface area contributed by atoms with Crippen LogP contribution in [0.15, 0.2) is 54.5 Å². The Morgan fingerprint density at radius 1 is 1.30 bits per heavy atom. The third kappa shape index (κ3) is 3.38. The Bertz CT molecular complexity index is 806. The minimum Gasteiger partial charge on any atom is -0.397 e. The van der Waals surface area contributed by atoms with Gasteiger partial charge in [0, 0.05) is 24.4 Å². The van der Waals surface area contributed by atoms with Crippen LogP contribution in [-0.2, 0) is 4.74 Å². The minimum atomic E-state index is -0.564. The van der Waals surface area contributed by atoms with Crippen molar-refractivity contribution < 1.29 is 9.53 Å². The normalized spacial score (nSPS) is 25.3. The Labute approximate surface area is 160 Å². The van der Waals surface area contributed by atoms with Gasteiger partial charge in [0.2, 0.25) is 0 Å². The lowest BCUT2D eigenvalue weighted by molar-refractivity contribution is -0.0605.